The van der Waals surface area contributed by atoms with E-state index in [0.29, 0.717) is 0 Å². The first-order chi connectivity index (χ1) is 5.67. The van der Waals surface area contributed by atoms with E-state index in [4.69, 9.17) is 0 Å². The molecule has 2 rings (SSSR count). The van der Waals surface area contributed by atoms with Crippen LogP contribution >= 0.6 is 0 Å². The fourth-order valence-electron chi connectivity index (χ4n) is 1.16. The van der Waals surface area contributed by atoms with E-state index in [-0.39, 0.29) is 5.75 Å². The second-order valence-electron chi connectivity index (χ2n) is 2.66. The Morgan fingerprint density at radius 3 is 2.83 bits per heavy atom. The molecule has 0 atom stereocenters. The van der Waals surface area contributed by atoms with Gasteiger partial charge in [-0.15, -0.1) is 0 Å². The average molecular weight is 181 g/mol. The quantitative estimate of drug-likeness (QED) is 0.598. The van der Waals surface area contributed by atoms with E-state index >= 15 is 0 Å². The molecule has 1 heterocycles. The lowest BCUT2D eigenvalue weighted by molar-refractivity contribution is 0.597. The molecule has 1 aliphatic heterocycles. The molecular formula is C8H7NO2S. The maximum absolute atomic E-state index is 11.0. The number of hydrogen-bond donors (Lipinski definition) is 0. The molecule has 62 valence electrons. The Kier molecular flexibility index (Phi) is 1.51. The largest absolute Gasteiger partial charge is 0.257 e. The van der Waals surface area contributed by atoms with Gasteiger partial charge in [-0.25, -0.2) is 8.42 Å². The van der Waals surface area contributed by atoms with Gasteiger partial charge in [-0.1, -0.05) is 24.3 Å². The smallest absolute Gasteiger partial charge is 0.204 e. The third-order valence-electron chi connectivity index (χ3n) is 1.75. The first kappa shape index (κ1) is 7.49. The summed E-state index contributed by atoms with van der Waals surface area (Å²) in [5.74, 6) is 0.0275. The van der Waals surface area contributed by atoms with Crippen LogP contribution < -0.4 is 0 Å². The van der Waals surface area contributed by atoms with Crippen LogP contribution in [0.5, 0.6) is 0 Å². The highest BCUT2D eigenvalue weighted by molar-refractivity contribution is 7.89. The lowest BCUT2D eigenvalue weighted by atomic mass is 10.1. The van der Waals surface area contributed by atoms with Crippen LogP contribution in [0.15, 0.2) is 28.7 Å². The highest BCUT2D eigenvalue weighted by atomic mass is 32.2. The number of nitrogens with zero attached hydrogens (tertiary/aromatic N) is 1. The predicted octanol–water partition coefficient (Wildman–Crippen LogP) is 0.949. The van der Waals surface area contributed by atoms with E-state index in [1.54, 1.807) is 6.07 Å². The molecule has 0 saturated carbocycles. The Bertz CT molecular complexity index is 434. The molecule has 1 aliphatic rings. The minimum absolute atomic E-state index is 0.0275. The number of benzene rings is 1. The molecule has 1 aromatic rings. The summed E-state index contributed by atoms with van der Waals surface area (Å²) in [6.45, 7) is 0. The van der Waals surface area contributed by atoms with Crippen LogP contribution in [0.2, 0.25) is 0 Å². The molecule has 0 fully saturated rings. The third-order valence-corrected chi connectivity index (χ3v) is 2.85. The maximum atomic E-state index is 11.0. The van der Waals surface area contributed by atoms with Gasteiger partial charge in [-0.3, -0.25) is 0 Å². The molecule has 0 bridgehead atoms. The number of sulfonamides is 1. The van der Waals surface area contributed by atoms with Crippen LogP contribution in [0.3, 0.4) is 0 Å². The van der Waals surface area contributed by atoms with Crippen molar-refractivity contribution >= 4 is 16.2 Å². The number of hydrogen-bond acceptors (Lipinski definition) is 2. The first-order valence-corrected chi connectivity index (χ1v) is 5.14. The normalized spacial score (nSPS) is 18.7. The molecule has 0 spiro atoms. The molecule has 0 N–H and O–H groups in total. The van der Waals surface area contributed by atoms with Crippen molar-refractivity contribution in [2.75, 3.05) is 0 Å². The summed E-state index contributed by atoms with van der Waals surface area (Å²) in [5, 5.41) is 0. The summed E-state index contributed by atoms with van der Waals surface area (Å²) >= 11 is 0. The molecule has 3 nitrogen and oxygen atoms in total. The summed E-state index contributed by atoms with van der Waals surface area (Å²) in [6.07, 6.45) is 1.40. The van der Waals surface area contributed by atoms with Gasteiger partial charge >= 0.3 is 0 Å². The van der Waals surface area contributed by atoms with Gasteiger partial charge < -0.3 is 0 Å². The zero-order chi connectivity index (χ0) is 8.60. The van der Waals surface area contributed by atoms with Crippen molar-refractivity contribution in [2.45, 2.75) is 5.75 Å². The highest BCUT2D eigenvalue weighted by Gasteiger charge is 2.15. The molecule has 0 radical (unpaired) electrons. The van der Waals surface area contributed by atoms with Crippen molar-refractivity contribution in [3.63, 3.8) is 0 Å². The lowest BCUT2D eigenvalue weighted by Crippen LogP contribution is -2.08. The van der Waals surface area contributed by atoms with Crippen LogP contribution in [-0.2, 0) is 15.8 Å². The third kappa shape index (κ3) is 1.25. The summed E-state index contributed by atoms with van der Waals surface area (Å²) in [4.78, 5) is 0. The van der Waals surface area contributed by atoms with Gasteiger partial charge in [0.2, 0.25) is 0 Å². The van der Waals surface area contributed by atoms with Gasteiger partial charge in [0.05, 0.1) is 5.75 Å². The van der Waals surface area contributed by atoms with Crippen LogP contribution in [0.1, 0.15) is 11.1 Å². The Morgan fingerprint density at radius 1 is 1.25 bits per heavy atom. The van der Waals surface area contributed by atoms with Crippen LogP contribution in [-0.4, -0.2) is 14.6 Å². The van der Waals surface area contributed by atoms with Crippen molar-refractivity contribution in [2.24, 2.45) is 4.40 Å². The van der Waals surface area contributed by atoms with E-state index in [1.807, 2.05) is 18.2 Å². The van der Waals surface area contributed by atoms with E-state index in [9.17, 15) is 8.42 Å². The van der Waals surface area contributed by atoms with Crippen LogP contribution in [0.4, 0.5) is 0 Å². The van der Waals surface area contributed by atoms with Crippen LogP contribution in [0.25, 0.3) is 0 Å². The zero-order valence-corrected chi connectivity index (χ0v) is 7.08. The summed E-state index contributed by atoms with van der Waals surface area (Å²) in [7, 11) is -3.23. The second kappa shape index (κ2) is 2.42. The molecule has 12 heavy (non-hydrogen) atoms. The molecule has 4 heteroatoms. The molecule has 1 aromatic carbocycles. The van der Waals surface area contributed by atoms with Gasteiger partial charge in [-0.05, 0) is 11.1 Å². The average Bonchev–Trinajstić information content (AvgIpc) is 2.02. The second-order valence-corrected chi connectivity index (χ2v) is 4.32. The van der Waals surface area contributed by atoms with Crippen LogP contribution in [0, 0.1) is 0 Å². The molecule has 0 unspecified atom stereocenters. The predicted molar refractivity (Wildman–Crippen MR) is 46.7 cm³/mol. The molecule has 0 aliphatic carbocycles. The van der Waals surface area contributed by atoms with E-state index in [1.165, 1.54) is 6.21 Å². The monoisotopic (exact) mass is 181 g/mol. The standard InChI is InChI=1S/C8H7NO2S/c10-12(11)6-8-4-2-1-3-7(8)5-9-12/h1-5H,6H2. The molecular weight excluding hydrogens is 174 g/mol. The van der Waals surface area contributed by atoms with Gasteiger partial charge in [0, 0.05) is 6.21 Å². The van der Waals surface area contributed by atoms with Gasteiger partial charge in [0.25, 0.3) is 10.0 Å². The zero-order valence-electron chi connectivity index (χ0n) is 6.27. The van der Waals surface area contributed by atoms with E-state index in [2.05, 4.69) is 4.40 Å². The van der Waals surface area contributed by atoms with Gasteiger partial charge in [0.15, 0.2) is 0 Å². The summed E-state index contributed by atoms with van der Waals surface area (Å²) in [6, 6.07) is 7.35. The van der Waals surface area contributed by atoms with Crippen molar-refractivity contribution < 1.29 is 8.42 Å². The van der Waals surface area contributed by atoms with Crippen molar-refractivity contribution in [3.8, 4) is 0 Å². The summed E-state index contributed by atoms with van der Waals surface area (Å²) in [5.41, 5.74) is 1.72. The first-order valence-electron chi connectivity index (χ1n) is 3.53. The van der Waals surface area contributed by atoms with Gasteiger partial charge in [-0.2, -0.15) is 4.40 Å². The van der Waals surface area contributed by atoms with Crippen molar-refractivity contribution in [1.29, 1.82) is 0 Å². The van der Waals surface area contributed by atoms with E-state index < -0.39 is 10.0 Å². The SMILES string of the molecule is O=S1(=O)Cc2ccccc2C=N1. The molecule has 0 aromatic heterocycles. The van der Waals surface area contributed by atoms with Crippen molar-refractivity contribution in [1.82, 2.24) is 0 Å². The Morgan fingerprint density at radius 2 is 2.00 bits per heavy atom. The highest BCUT2D eigenvalue weighted by Crippen LogP contribution is 2.16. The minimum atomic E-state index is -3.23. The topological polar surface area (TPSA) is 46.5 Å². The molecule has 0 amide bonds. The number of fused-ring (bicyclic) bond motifs is 1. The van der Waals surface area contributed by atoms with E-state index in [0.717, 1.165) is 11.1 Å². The Balaban J connectivity index is 2.61. The fourth-order valence-corrected chi connectivity index (χ4v) is 2.17. The number of rotatable bonds is 0. The van der Waals surface area contributed by atoms with Crippen molar-refractivity contribution in [3.05, 3.63) is 35.4 Å². The lowest BCUT2D eigenvalue weighted by Gasteiger charge is -2.08. The Hall–Kier alpha value is -1.16. The maximum Gasteiger partial charge on any atom is 0.257 e. The Labute approximate surface area is 70.8 Å². The van der Waals surface area contributed by atoms with Gasteiger partial charge in [0.1, 0.15) is 0 Å². The minimum Gasteiger partial charge on any atom is -0.204 e. The summed E-state index contributed by atoms with van der Waals surface area (Å²) < 4.78 is 25.5. The molecule has 0 saturated heterocycles. The fraction of sp³-hybridized carbons (Fsp3) is 0.125.